The second kappa shape index (κ2) is 5.14. The summed E-state index contributed by atoms with van der Waals surface area (Å²) in [5.41, 5.74) is 0.589. The number of phenols is 3. The molecule has 1 aliphatic heterocycles. The van der Waals surface area contributed by atoms with Gasteiger partial charge in [-0.15, -0.1) is 0 Å². The van der Waals surface area contributed by atoms with Gasteiger partial charge >= 0.3 is 0 Å². The first kappa shape index (κ1) is 14.1. The normalized spacial score (nSPS) is 16.8. The van der Waals surface area contributed by atoms with Crippen LogP contribution in [0.2, 0.25) is 0 Å². The van der Waals surface area contributed by atoms with Crippen LogP contribution in [0.25, 0.3) is 0 Å². The third-order valence-electron chi connectivity index (χ3n) is 3.64. The number of ether oxygens (including phenoxy) is 2. The van der Waals surface area contributed by atoms with E-state index in [2.05, 4.69) is 0 Å². The van der Waals surface area contributed by atoms with Gasteiger partial charge in [-0.05, 0) is 17.7 Å². The number of hydrogen-bond donors (Lipinski definition) is 3. The molecule has 0 radical (unpaired) electrons. The lowest BCUT2D eigenvalue weighted by atomic mass is 9.88. The largest absolute Gasteiger partial charge is 0.508 e. The number of carbonyl (C=O) groups excluding carboxylic acids is 1. The summed E-state index contributed by atoms with van der Waals surface area (Å²) in [5.74, 6) is -1.11. The zero-order chi connectivity index (χ0) is 15.9. The number of benzene rings is 2. The molecule has 6 heteroatoms. The van der Waals surface area contributed by atoms with Crippen molar-refractivity contribution < 1.29 is 29.6 Å². The smallest absolute Gasteiger partial charge is 0.181 e. The Labute approximate surface area is 126 Å². The molecular formula is C16H14O6. The Morgan fingerprint density at radius 3 is 2.59 bits per heavy atom. The SMILES string of the molecule is COc1ccc([C@@H]2COc3cc(O)cc(O)c3C2=O)cc1O. The number of hydrogen-bond acceptors (Lipinski definition) is 6. The van der Waals surface area contributed by atoms with Crippen molar-refractivity contribution in [2.24, 2.45) is 0 Å². The zero-order valence-corrected chi connectivity index (χ0v) is 11.7. The van der Waals surface area contributed by atoms with E-state index < -0.39 is 5.92 Å². The molecule has 3 N–H and O–H groups in total. The molecule has 1 heterocycles. The van der Waals surface area contributed by atoms with Gasteiger partial charge in [-0.25, -0.2) is 0 Å². The molecule has 2 aromatic rings. The number of carbonyl (C=O) groups is 1. The van der Waals surface area contributed by atoms with Crippen LogP contribution in [0.1, 0.15) is 21.8 Å². The molecule has 6 nitrogen and oxygen atoms in total. The van der Waals surface area contributed by atoms with Crippen LogP contribution in [0, 0.1) is 0 Å². The highest BCUT2D eigenvalue weighted by Gasteiger charge is 2.33. The highest BCUT2D eigenvalue weighted by molar-refractivity contribution is 6.06. The molecule has 1 aliphatic rings. The van der Waals surface area contributed by atoms with Gasteiger partial charge in [0.1, 0.15) is 29.4 Å². The lowest BCUT2D eigenvalue weighted by molar-refractivity contribution is 0.0892. The van der Waals surface area contributed by atoms with Crippen molar-refractivity contribution in [2.75, 3.05) is 13.7 Å². The van der Waals surface area contributed by atoms with E-state index in [1.807, 2.05) is 0 Å². The number of aromatic hydroxyl groups is 3. The van der Waals surface area contributed by atoms with Crippen molar-refractivity contribution in [1.29, 1.82) is 0 Å². The van der Waals surface area contributed by atoms with Crippen molar-refractivity contribution in [3.8, 4) is 28.7 Å². The van der Waals surface area contributed by atoms with E-state index in [-0.39, 0.29) is 41.0 Å². The van der Waals surface area contributed by atoms with Crippen LogP contribution in [-0.4, -0.2) is 34.8 Å². The van der Waals surface area contributed by atoms with Gasteiger partial charge in [0.25, 0.3) is 0 Å². The zero-order valence-electron chi connectivity index (χ0n) is 11.7. The van der Waals surface area contributed by atoms with E-state index >= 15 is 0 Å². The molecule has 0 unspecified atom stereocenters. The van der Waals surface area contributed by atoms with E-state index in [1.54, 1.807) is 12.1 Å². The van der Waals surface area contributed by atoms with Crippen molar-refractivity contribution in [3.63, 3.8) is 0 Å². The number of methoxy groups -OCH3 is 1. The average Bonchev–Trinajstić information content (AvgIpc) is 2.46. The van der Waals surface area contributed by atoms with Gasteiger partial charge in [0.15, 0.2) is 17.3 Å². The van der Waals surface area contributed by atoms with Crippen LogP contribution < -0.4 is 9.47 Å². The molecule has 0 saturated carbocycles. The van der Waals surface area contributed by atoms with Gasteiger partial charge in [0.05, 0.1) is 13.0 Å². The summed E-state index contributed by atoms with van der Waals surface area (Å²) in [7, 11) is 1.43. The fourth-order valence-corrected chi connectivity index (χ4v) is 2.54. The first-order valence-corrected chi connectivity index (χ1v) is 6.61. The molecule has 0 bridgehead atoms. The molecule has 0 amide bonds. The summed E-state index contributed by atoms with van der Waals surface area (Å²) in [4.78, 5) is 12.6. The Bertz CT molecular complexity index is 753. The standard InChI is InChI=1S/C16H14O6/c1-21-13-3-2-8(4-11(13)18)10-7-22-14-6-9(17)5-12(19)15(14)16(10)20/h2-6,10,17-19H,7H2,1H3/t10-/m0/s1. The van der Waals surface area contributed by atoms with Gasteiger partial charge < -0.3 is 24.8 Å². The summed E-state index contributed by atoms with van der Waals surface area (Å²) in [6.07, 6.45) is 0. The fraction of sp³-hybridized carbons (Fsp3) is 0.188. The fourth-order valence-electron chi connectivity index (χ4n) is 2.54. The third kappa shape index (κ3) is 2.18. The molecule has 0 spiro atoms. The molecule has 2 aromatic carbocycles. The molecule has 1 atom stereocenters. The monoisotopic (exact) mass is 302 g/mol. The maximum atomic E-state index is 12.6. The summed E-state index contributed by atoms with van der Waals surface area (Å²) in [6, 6.07) is 7.03. The summed E-state index contributed by atoms with van der Waals surface area (Å²) < 4.78 is 10.4. The van der Waals surface area contributed by atoms with E-state index in [0.29, 0.717) is 11.3 Å². The van der Waals surface area contributed by atoms with E-state index in [9.17, 15) is 20.1 Å². The van der Waals surface area contributed by atoms with E-state index in [4.69, 9.17) is 9.47 Å². The quantitative estimate of drug-likeness (QED) is 0.787. The molecule has 3 rings (SSSR count). The highest BCUT2D eigenvalue weighted by atomic mass is 16.5. The predicted octanol–water partition coefficient (Wildman–Crippen LogP) is 2.17. The molecule has 0 aliphatic carbocycles. The van der Waals surface area contributed by atoms with Gasteiger partial charge in [-0.3, -0.25) is 4.79 Å². The second-order valence-electron chi connectivity index (χ2n) is 5.00. The van der Waals surface area contributed by atoms with Crippen LogP contribution in [0.3, 0.4) is 0 Å². The Hall–Kier alpha value is -2.89. The van der Waals surface area contributed by atoms with Crippen molar-refractivity contribution in [1.82, 2.24) is 0 Å². The number of Topliss-reactive ketones (excluding diaryl/α,β-unsaturated/α-hetero) is 1. The van der Waals surface area contributed by atoms with Crippen molar-refractivity contribution in [2.45, 2.75) is 5.92 Å². The van der Waals surface area contributed by atoms with Crippen LogP contribution in [0.5, 0.6) is 28.7 Å². The van der Waals surface area contributed by atoms with Crippen LogP contribution in [-0.2, 0) is 0 Å². The topological polar surface area (TPSA) is 96.2 Å². The molecule has 22 heavy (non-hydrogen) atoms. The molecular weight excluding hydrogens is 288 g/mol. The maximum absolute atomic E-state index is 12.6. The summed E-state index contributed by atoms with van der Waals surface area (Å²) >= 11 is 0. The third-order valence-corrected chi connectivity index (χ3v) is 3.64. The first-order valence-electron chi connectivity index (χ1n) is 6.61. The molecule has 114 valence electrons. The lowest BCUT2D eigenvalue weighted by Gasteiger charge is -2.25. The molecule has 0 aromatic heterocycles. The number of ketones is 1. The first-order chi connectivity index (χ1) is 10.5. The van der Waals surface area contributed by atoms with Gasteiger partial charge in [0, 0.05) is 12.1 Å². The Morgan fingerprint density at radius 2 is 1.91 bits per heavy atom. The number of fused-ring (bicyclic) bond motifs is 1. The van der Waals surface area contributed by atoms with Gasteiger partial charge in [-0.2, -0.15) is 0 Å². The second-order valence-corrected chi connectivity index (χ2v) is 5.00. The molecule has 0 fully saturated rings. The molecule has 0 saturated heterocycles. The summed E-state index contributed by atoms with van der Waals surface area (Å²) in [6.45, 7) is 0.0560. The van der Waals surface area contributed by atoms with Crippen molar-refractivity contribution >= 4 is 5.78 Å². The van der Waals surface area contributed by atoms with E-state index in [1.165, 1.54) is 19.2 Å². The minimum absolute atomic E-state index is 0.0318. The maximum Gasteiger partial charge on any atom is 0.181 e. The Kier molecular flexibility index (Phi) is 3.29. The number of phenolic OH excluding ortho intramolecular Hbond substituents is 3. The van der Waals surface area contributed by atoms with Crippen molar-refractivity contribution in [3.05, 3.63) is 41.5 Å². The van der Waals surface area contributed by atoms with Gasteiger partial charge in [-0.1, -0.05) is 6.07 Å². The van der Waals surface area contributed by atoms with E-state index in [0.717, 1.165) is 6.07 Å². The minimum Gasteiger partial charge on any atom is -0.508 e. The summed E-state index contributed by atoms with van der Waals surface area (Å²) in [5, 5.41) is 29.1. The van der Waals surface area contributed by atoms with Crippen LogP contribution in [0.4, 0.5) is 0 Å². The predicted molar refractivity (Wildman–Crippen MR) is 77.0 cm³/mol. The lowest BCUT2D eigenvalue weighted by Crippen LogP contribution is -2.26. The van der Waals surface area contributed by atoms with Crippen LogP contribution >= 0.6 is 0 Å². The Morgan fingerprint density at radius 1 is 1.14 bits per heavy atom. The Balaban J connectivity index is 2.01. The number of rotatable bonds is 2. The highest BCUT2D eigenvalue weighted by Crippen LogP contribution is 2.41. The minimum atomic E-state index is -0.653. The van der Waals surface area contributed by atoms with Gasteiger partial charge in [0.2, 0.25) is 0 Å². The average molecular weight is 302 g/mol. The van der Waals surface area contributed by atoms with Crippen LogP contribution in [0.15, 0.2) is 30.3 Å².